The van der Waals surface area contributed by atoms with Crippen LogP contribution in [0.4, 0.5) is 0 Å². The van der Waals surface area contributed by atoms with Gasteiger partial charge in [-0.15, -0.1) is 11.3 Å². The fraction of sp³-hybridized carbons (Fsp3) is 0.412. The number of hydrogen-bond donors (Lipinski definition) is 1. The van der Waals surface area contributed by atoms with E-state index in [2.05, 4.69) is 71.5 Å². The minimum Gasteiger partial charge on any atom is -0.310 e. The quantitative estimate of drug-likeness (QED) is 0.708. The van der Waals surface area contributed by atoms with Crippen LogP contribution in [0.5, 0.6) is 0 Å². The lowest BCUT2D eigenvalue weighted by molar-refractivity contribution is 0.532. The summed E-state index contributed by atoms with van der Waals surface area (Å²) in [5, 5.41) is 3.67. The van der Waals surface area contributed by atoms with Crippen molar-refractivity contribution in [3.63, 3.8) is 0 Å². The zero-order chi connectivity index (χ0) is 14.4. The topological polar surface area (TPSA) is 12.0 Å². The highest BCUT2D eigenvalue weighted by molar-refractivity contribution is 9.11. The molecule has 2 rings (SSSR count). The number of rotatable bonds is 7. The molecule has 0 fully saturated rings. The first-order valence-electron chi connectivity index (χ1n) is 7.29. The van der Waals surface area contributed by atoms with Crippen molar-refractivity contribution in [3.05, 3.63) is 56.2 Å². The third kappa shape index (κ3) is 4.44. The van der Waals surface area contributed by atoms with Crippen LogP contribution in [0.2, 0.25) is 0 Å². The van der Waals surface area contributed by atoms with Gasteiger partial charge >= 0.3 is 0 Å². The van der Waals surface area contributed by atoms with Crippen LogP contribution in [-0.2, 0) is 12.8 Å². The Bertz CT molecular complexity index is 518. The zero-order valence-corrected chi connectivity index (χ0v) is 14.6. The fourth-order valence-corrected chi connectivity index (χ4v) is 3.80. The molecule has 1 atom stereocenters. The first kappa shape index (κ1) is 15.7. The van der Waals surface area contributed by atoms with Crippen LogP contribution in [0.1, 0.15) is 42.3 Å². The average Bonchev–Trinajstić information content (AvgIpc) is 2.89. The van der Waals surface area contributed by atoms with E-state index in [9.17, 15) is 0 Å². The van der Waals surface area contributed by atoms with Crippen LogP contribution in [-0.4, -0.2) is 6.54 Å². The summed E-state index contributed by atoms with van der Waals surface area (Å²) in [6.45, 7) is 5.48. The molecule has 1 unspecified atom stereocenters. The molecule has 0 spiro atoms. The minimum absolute atomic E-state index is 0.409. The summed E-state index contributed by atoms with van der Waals surface area (Å²) in [4.78, 5) is 1.42. The number of thiophene rings is 1. The molecule has 0 saturated carbocycles. The van der Waals surface area contributed by atoms with Crippen LogP contribution in [0.25, 0.3) is 0 Å². The van der Waals surface area contributed by atoms with Gasteiger partial charge in [0.2, 0.25) is 0 Å². The van der Waals surface area contributed by atoms with E-state index >= 15 is 0 Å². The Balaban J connectivity index is 2.12. The number of nitrogens with one attached hydrogen (secondary N) is 1. The van der Waals surface area contributed by atoms with Crippen molar-refractivity contribution in [2.75, 3.05) is 6.54 Å². The lowest BCUT2D eigenvalue weighted by Gasteiger charge is -2.18. The van der Waals surface area contributed by atoms with E-state index in [1.165, 1.54) is 19.8 Å². The standard InChI is InChI=1S/C17H22BrNS/c1-3-11-19-16(12-15-9-10-17(18)20-15)14-7-5-13(4-2)6-8-14/h5-10,16,19H,3-4,11-12H2,1-2H3. The van der Waals surface area contributed by atoms with E-state index in [0.29, 0.717) is 6.04 Å². The monoisotopic (exact) mass is 351 g/mol. The Kier molecular flexibility index (Phi) is 6.27. The number of aryl methyl sites for hydroxylation is 1. The third-order valence-corrected chi connectivity index (χ3v) is 5.11. The van der Waals surface area contributed by atoms with E-state index < -0.39 is 0 Å². The Labute approximate surface area is 134 Å². The Morgan fingerprint density at radius 1 is 1.10 bits per heavy atom. The third-order valence-electron chi connectivity index (χ3n) is 3.47. The highest BCUT2D eigenvalue weighted by Gasteiger charge is 2.12. The second kappa shape index (κ2) is 7.96. The van der Waals surface area contributed by atoms with E-state index in [4.69, 9.17) is 0 Å². The highest BCUT2D eigenvalue weighted by atomic mass is 79.9. The molecule has 20 heavy (non-hydrogen) atoms. The predicted molar refractivity (Wildman–Crippen MR) is 92.6 cm³/mol. The van der Waals surface area contributed by atoms with Crippen molar-refractivity contribution in [2.45, 2.75) is 39.2 Å². The average molecular weight is 352 g/mol. The van der Waals surface area contributed by atoms with Gasteiger partial charge in [-0.05, 0) is 58.6 Å². The fourth-order valence-electron chi connectivity index (χ4n) is 2.27. The van der Waals surface area contributed by atoms with Crippen LogP contribution in [0, 0.1) is 0 Å². The summed E-state index contributed by atoms with van der Waals surface area (Å²) in [5.41, 5.74) is 2.79. The molecule has 0 aliphatic heterocycles. The van der Waals surface area contributed by atoms with Crippen LogP contribution in [0.15, 0.2) is 40.2 Å². The maximum absolute atomic E-state index is 3.67. The van der Waals surface area contributed by atoms with E-state index in [1.807, 2.05) is 11.3 Å². The SMILES string of the molecule is CCCNC(Cc1ccc(Br)s1)c1ccc(CC)cc1. The molecule has 1 aromatic heterocycles. The number of benzene rings is 1. The van der Waals surface area contributed by atoms with Crippen molar-refractivity contribution >= 4 is 27.3 Å². The van der Waals surface area contributed by atoms with Gasteiger partial charge in [-0.2, -0.15) is 0 Å². The predicted octanol–water partition coefficient (Wildman–Crippen LogP) is 5.36. The normalized spacial score (nSPS) is 12.6. The Hall–Kier alpha value is -0.640. The van der Waals surface area contributed by atoms with Gasteiger partial charge in [0.15, 0.2) is 0 Å². The lowest BCUT2D eigenvalue weighted by Crippen LogP contribution is -2.23. The van der Waals surface area contributed by atoms with Gasteiger partial charge in [0.25, 0.3) is 0 Å². The summed E-state index contributed by atoms with van der Waals surface area (Å²) in [6, 6.07) is 13.8. The van der Waals surface area contributed by atoms with Gasteiger partial charge in [0, 0.05) is 17.3 Å². The van der Waals surface area contributed by atoms with Crippen molar-refractivity contribution in [2.24, 2.45) is 0 Å². The molecule has 108 valence electrons. The van der Waals surface area contributed by atoms with Gasteiger partial charge in [-0.1, -0.05) is 38.1 Å². The first-order valence-corrected chi connectivity index (χ1v) is 8.90. The number of halogens is 1. The van der Waals surface area contributed by atoms with Crippen molar-refractivity contribution in [1.82, 2.24) is 5.32 Å². The van der Waals surface area contributed by atoms with Crippen LogP contribution >= 0.6 is 27.3 Å². The zero-order valence-electron chi connectivity index (χ0n) is 12.2. The maximum atomic E-state index is 3.67. The second-order valence-electron chi connectivity index (χ2n) is 5.01. The summed E-state index contributed by atoms with van der Waals surface area (Å²) >= 11 is 5.38. The van der Waals surface area contributed by atoms with Gasteiger partial charge in [0.05, 0.1) is 3.79 Å². The maximum Gasteiger partial charge on any atom is 0.0701 e. The molecule has 1 heterocycles. The second-order valence-corrected chi connectivity index (χ2v) is 7.56. The van der Waals surface area contributed by atoms with Gasteiger partial charge in [-0.3, -0.25) is 0 Å². The molecule has 3 heteroatoms. The van der Waals surface area contributed by atoms with Crippen LogP contribution in [0.3, 0.4) is 0 Å². The van der Waals surface area contributed by atoms with E-state index in [-0.39, 0.29) is 0 Å². The summed E-state index contributed by atoms with van der Waals surface area (Å²) in [7, 11) is 0. The Morgan fingerprint density at radius 2 is 1.85 bits per heavy atom. The summed E-state index contributed by atoms with van der Waals surface area (Å²) in [6.07, 6.45) is 3.32. The molecule has 2 aromatic rings. The molecular formula is C17H22BrNS. The molecule has 0 amide bonds. The molecule has 0 aliphatic carbocycles. The number of hydrogen-bond acceptors (Lipinski definition) is 2. The Morgan fingerprint density at radius 3 is 2.40 bits per heavy atom. The van der Waals surface area contributed by atoms with Crippen molar-refractivity contribution in [3.8, 4) is 0 Å². The van der Waals surface area contributed by atoms with Crippen LogP contribution < -0.4 is 5.32 Å². The molecule has 0 bridgehead atoms. The van der Waals surface area contributed by atoms with Crippen molar-refractivity contribution in [1.29, 1.82) is 0 Å². The smallest absolute Gasteiger partial charge is 0.0701 e. The van der Waals surface area contributed by atoms with Gasteiger partial charge in [0.1, 0.15) is 0 Å². The molecule has 1 aromatic carbocycles. The van der Waals surface area contributed by atoms with Gasteiger partial charge < -0.3 is 5.32 Å². The molecule has 0 radical (unpaired) electrons. The molecule has 1 nitrogen and oxygen atoms in total. The van der Waals surface area contributed by atoms with Gasteiger partial charge in [-0.25, -0.2) is 0 Å². The lowest BCUT2D eigenvalue weighted by atomic mass is 10.0. The summed E-state index contributed by atoms with van der Waals surface area (Å²) in [5.74, 6) is 0. The highest BCUT2D eigenvalue weighted by Crippen LogP contribution is 2.27. The minimum atomic E-state index is 0.409. The molecule has 1 N–H and O–H groups in total. The van der Waals surface area contributed by atoms with Crippen molar-refractivity contribution < 1.29 is 0 Å². The molecule has 0 aliphatic rings. The molecule has 0 saturated heterocycles. The van der Waals surface area contributed by atoms with E-state index in [1.54, 1.807) is 0 Å². The van der Waals surface area contributed by atoms with E-state index in [0.717, 1.165) is 25.8 Å². The first-order chi connectivity index (χ1) is 9.72. The summed E-state index contributed by atoms with van der Waals surface area (Å²) < 4.78 is 1.21. The molecular weight excluding hydrogens is 330 g/mol. The largest absolute Gasteiger partial charge is 0.310 e.